The molecule has 5 nitrogen and oxygen atoms in total. The monoisotopic (exact) mass is 273 g/mol. The maximum atomic E-state index is 11.9. The van der Waals surface area contributed by atoms with Gasteiger partial charge in [-0.1, -0.05) is 11.6 Å². The molecule has 0 spiro atoms. The molecule has 18 heavy (non-hydrogen) atoms. The lowest BCUT2D eigenvalue weighted by Gasteiger charge is -2.09. The molecule has 0 unspecified atom stereocenters. The Bertz CT molecular complexity index is 398. The molecule has 0 saturated heterocycles. The Balaban J connectivity index is 2.52. The molecule has 2 N–H and O–H groups in total. The van der Waals surface area contributed by atoms with Gasteiger partial charge in [-0.2, -0.15) is 0 Å². The lowest BCUT2D eigenvalue weighted by molar-refractivity contribution is 0.0836. The van der Waals surface area contributed by atoms with E-state index in [1.165, 1.54) is 7.11 Å². The predicted octanol–water partition coefficient (Wildman–Crippen LogP) is 1.09. The van der Waals surface area contributed by atoms with Gasteiger partial charge in [0.05, 0.1) is 32.5 Å². The number of aliphatic hydroxyl groups is 1. The molecule has 0 heterocycles. The fraction of sp³-hybridized carbons (Fsp3) is 0.417. The zero-order chi connectivity index (χ0) is 13.4. The van der Waals surface area contributed by atoms with Gasteiger partial charge in [-0.3, -0.25) is 4.79 Å². The van der Waals surface area contributed by atoms with Crippen LogP contribution in [0.1, 0.15) is 10.4 Å². The van der Waals surface area contributed by atoms with Gasteiger partial charge < -0.3 is 19.9 Å². The molecule has 0 fully saturated rings. The molecule has 0 aliphatic rings. The minimum Gasteiger partial charge on any atom is -0.496 e. The van der Waals surface area contributed by atoms with Crippen molar-refractivity contribution in [2.24, 2.45) is 0 Å². The van der Waals surface area contributed by atoms with Crippen LogP contribution in [-0.2, 0) is 4.74 Å². The van der Waals surface area contributed by atoms with Gasteiger partial charge in [-0.15, -0.1) is 0 Å². The molecule has 0 bridgehead atoms. The minimum absolute atomic E-state index is 0.0317. The molecule has 0 saturated carbocycles. The molecule has 6 heteroatoms. The van der Waals surface area contributed by atoms with Crippen LogP contribution in [0.2, 0.25) is 5.02 Å². The van der Waals surface area contributed by atoms with E-state index in [9.17, 15) is 4.79 Å². The number of amides is 1. The smallest absolute Gasteiger partial charge is 0.255 e. The van der Waals surface area contributed by atoms with Crippen molar-refractivity contribution in [3.05, 3.63) is 28.8 Å². The average molecular weight is 274 g/mol. The van der Waals surface area contributed by atoms with E-state index in [1.807, 2.05) is 0 Å². The fourth-order valence-electron chi connectivity index (χ4n) is 1.36. The van der Waals surface area contributed by atoms with Crippen LogP contribution in [0.5, 0.6) is 5.75 Å². The van der Waals surface area contributed by atoms with Crippen LogP contribution in [0, 0.1) is 0 Å². The van der Waals surface area contributed by atoms with E-state index >= 15 is 0 Å². The van der Waals surface area contributed by atoms with Crippen LogP contribution in [-0.4, -0.2) is 44.5 Å². The number of rotatable bonds is 7. The summed E-state index contributed by atoms with van der Waals surface area (Å²) in [5.41, 5.74) is 0.382. The van der Waals surface area contributed by atoms with Crippen molar-refractivity contribution in [3.63, 3.8) is 0 Å². The van der Waals surface area contributed by atoms with Crippen LogP contribution in [0.4, 0.5) is 0 Å². The Labute approximate surface area is 111 Å². The topological polar surface area (TPSA) is 67.8 Å². The van der Waals surface area contributed by atoms with E-state index in [0.29, 0.717) is 29.5 Å². The van der Waals surface area contributed by atoms with E-state index in [4.69, 9.17) is 26.2 Å². The van der Waals surface area contributed by atoms with E-state index in [2.05, 4.69) is 5.32 Å². The minimum atomic E-state index is -0.276. The number of methoxy groups -OCH3 is 1. The largest absolute Gasteiger partial charge is 0.496 e. The summed E-state index contributed by atoms with van der Waals surface area (Å²) in [6.07, 6.45) is 0. The third-order valence-electron chi connectivity index (χ3n) is 2.17. The summed E-state index contributed by atoms with van der Waals surface area (Å²) in [6.45, 7) is 0.927. The van der Waals surface area contributed by atoms with Crippen molar-refractivity contribution >= 4 is 17.5 Å². The van der Waals surface area contributed by atoms with E-state index in [-0.39, 0.29) is 19.1 Å². The molecular weight excluding hydrogens is 258 g/mol. The van der Waals surface area contributed by atoms with Crippen LogP contribution >= 0.6 is 11.6 Å². The Hall–Kier alpha value is -1.30. The molecule has 0 aromatic heterocycles. The first-order chi connectivity index (χ1) is 8.69. The van der Waals surface area contributed by atoms with Crippen molar-refractivity contribution < 1.29 is 19.4 Å². The Morgan fingerprint density at radius 1 is 1.44 bits per heavy atom. The van der Waals surface area contributed by atoms with Gasteiger partial charge in [0.1, 0.15) is 5.75 Å². The maximum Gasteiger partial charge on any atom is 0.255 e. The van der Waals surface area contributed by atoms with Gasteiger partial charge in [0.15, 0.2) is 0 Å². The highest BCUT2D eigenvalue weighted by Crippen LogP contribution is 2.22. The molecule has 0 radical (unpaired) electrons. The molecule has 1 rings (SSSR count). The summed E-state index contributed by atoms with van der Waals surface area (Å²) in [5.74, 6) is 0.190. The number of carbonyl (C=O) groups is 1. The lowest BCUT2D eigenvalue weighted by Crippen LogP contribution is -2.28. The zero-order valence-electron chi connectivity index (χ0n) is 10.1. The molecule has 0 aliphatic carbocycles. The number of benzene rings is 1. The Morgan fingerprint density at radius 3 is 2.89 bits per heavy atom. The highest BCUT2D eigenvalue weighted by Gasteiger charge is 2.12. The molecular formula is C12H16ClNO4. The first kappa shape index (κ1) is 14.8. The third kappa shape index (κ3) is 4.52. The summed E-state index contributed by atoms with van der Waals surface area (Å²) < 4.78 is 10.1. The van der Waals surface area contributed by atoms with E-state index in [1.54, 1.807) is 18.2 Å². The van der Waals surface area contributed by atoms with Crippen LogP contribution < -0.4 is 10.1 Å². The van der Waals surface area contributed by atoms with Gasteiger partial charge in [0, 0.05) is 11.6 Å². The third-order valence-corrected chi connectivity index (χ3v) is 2.41. The number of halogens is 1. The molecule has 1 aromatic rings. The van der Waals surface area contributed by atoms with Gasteiger partial charge in [0.2, 0.25) is 0 Å². The Morgan fingerprint density at radius 2 is 2.22 bits per heavy atom. The fourth-order valence-corrected chi connectivity index (χ4v) is 1.53. The van der Waals surface area contributed by atoms with E-state index in [0.717, 1.165) is 0 Å². The second kappa shape index (κ2) is 7.92. The van der Waals surface area contributed by atoms with Crippen LogP contribution in [0.3, 0.4) is 0 Å². The molecule has 1 amide bonds. The van der Waals surface area contributed by atoms with E-state index < -0.39 is 0 Å². The predicted molar refractivity (Wildman–Crippen MR) is 68.2 cm³/mol. The SMILES string of the molecule is COc1ccc(Cl)cc1C(=O)NCCOCCO. The quantitative estimate of drug-likeness (QED) is 0.730. The molecule has 0 aliphatic heterocycles. The summed E-state index contributed by atoms with van der Waals surface area (Å²) >= 11 is 5.83. The average Bonchev–Trinajstić information content (AvgIpc) is 2.38. The summed E-state index contributed by atoms with van der Waals surface area (Å²) in [6, 6.07) is 4.84. The number of nitrogens with one attached hydrogen (secondary N) is 1. The second-order valence-corrected chi connectivity index (χ2v) is 3.87. The van der Waals surface area contributed by atoms with Crippen molar-refractivity contribution in [1.29, 1.82) is 0 Å². The van der Waals surface area contributed by atoms with Crippen molar-refractivity contribution in [3.8, 4) is 5.75 Å². The van der Waals surface area contributed by atoms with Crippen molar-refractivity contribution in [2.75, 3.05) is 33.5 Å². The maximum absolute atomic E-state index is 11.9. The summed E-state index contributed by atoms with van der Waals surface area (Å²) in [7, 11) is 1.49. The number of ether oxygens (including phenoxy) is 2. The number of carbonyl (C=O) groups excluding carboxylic acids is 1. The second-order valence-electron chi connectivity index (χ2n) is 3.44. The van der Waals surface area contributed by atoms with Gasteiger partial charge >= 0.3 is 0 Å². The standard InChI is InChI=1S/C12H16ClNO4/c1-17-11-3-2-9(13)8-10(11)12(16)14-4-6-18-7-5-15/h2-3,8,15H,4-7H2,1H3,(H,14,16). The highest BCUT2D eigenvalue weighted by molar-refractivity contribution is 6.31. The molecule has 100 valence electrons. The normalized spacial score (nSPS) is 10.2. The van der Waals surface area contributed by atoms with Crippen molar-refractivity contribution in [2.45, 2.75) is 0 Å². The number of hydrogen-bond acceptors (Lipinski definition) is 4. The first-order valence-electron chi connectivity index (χ1n) is 5.49. The molecule has 0 atom stereocenters. The van der Waals surface area contributed by atoms with Gasteiger partial charge in [0.25, 0.3) is 5.91 Å². The number of hydrogen-bond donors (Lipinski definition) is 2. The van der Waals surface area contributed by atoms with Crippen molar-refractivity contribution in [1.82, 2.24) is 5.32 Å². The van der Waals surface area contributed by atoms with Crippen LogP contribution in [0.15, 0.2) is 18.2 Å². The van der Waals surface area contributed by atoms with Crippen LogP contribution in [0.25, 0.3) is 0 Å². The first-order valence-corrected chi connectivity index (χ1v) is 5.87. The molecule has 1 aromatic carbocycles. The number of aliphatic hydroxyl groups excluding tert-OH is 1. The summed E-state index contributed by atoms with van der Waals surface area (Å²) in [5, 5.41) is 11.7. The highest BCUT2D eigenvalue weighted by atomic mass is 35.5. The lowest BCUT2D eigenvalue weighted by atomic mass is 10.2. The van der Waals surface area contributed by atoms with Gasteiger partial charge in [-0.25, -0.2) is 0 Å². The summed E-state index contributed by atoms with van der Waals surface area (Å²) in [4.78, 5) is 11.9. The van der Waals surface area contributed by atoms with Gasteiger partial charge in [-0.05, 0) is 18.2 Å². The Kier molecular flexibility index (Phi) is 6.49. The zero-order valence-corrected chi connectivity index (χ0v) is 10.9.